The van der Waals surface area contributed by atoms with Gasteiger partial charge in [-0.15, -0.1) is 0 Å². The predicted octanol–water partition coefficient (Wildman–Crippen LogP) is 3.32. The Hall–Kier alpha value is -1.40. The van der Waals surface area contributed by atoms with E-state index in [-0.39, 0.29) is 6.09 Å². The Kier molecular flexibility index (Phi) is 4.97. The third kappa shape index (κ3) is 3.98. The van der Waals surface area contributed by atoms with Gasteiger partial charge in [0.1, 0.15) is 16.6 Å². The molecule has 0 spiro atoms. The minimum atomic E-state index is -0.509. The van der Waals surface area contributed by atoms with E-state index < -0.39 is 5.60 Å². The molecule has 1 fully saturated rings. The summed E-state index contributed by atoms with van der Waals surface area (Å²) >= 11 is 6.41. The van der Waals surface area contributed by atoms with Crippen LogP contribution < -0.4 is 0 Å². The van der Waals surface area contributed by atoms with Gasteiger partial charge in [-0.2, -0.15) is 0 Å². The molecule has 0 unspecified atom stereocenters. The number of halogens is 1. The summed E-state index contributed by atoms with van der Waals surface area (Å²) in [4.78, 5) is 23.2. The van der Waals surface area contributed by atoms with Gasteiger partial charge in [0.15, 0.2) is 0 Å². The molecule has 0 aromatic carbocycles. The topological polar surface area (TPSA) is 64.5 Å². The van der Waals surface area contributed by atoms with Gasteiger partial charge in [0.25, 0.3) is 0 Å². The molecule has 3 heterocycles. The van der Waals surface area contributed by atoms with Gasteiger partial charge in [0.2, 0.25) is 0 Å². The van der Waals surface area contributed by atoms with Crippen LogP contribution in [0.3, 0.4) is 0 Å². The summed E-state index contributed by atoms with van der Waals surface area (Å²) in [6.07, 6.45) is 2.21. The molecule has 7 heteroatoms. The summed E-state index contributed by atoms with van der Waals surface area (Å²) in [5, 5.41) is 0.453. The van der Waals surface area contributed by atoms with Gasteiger partial charge < -0.3 is 14.4 Å². The first-order valence-corrected chi connectivity index (χ1v) is 8.82. The number of aromatic nitrogens is 2. The van der Waals surface area contributed by atoms with Crippen molar-refractivity contribution in [3.05, 3.63) is 22.2 Å². The number of carbonyl (C=O) groups excluding carboxylic acids is 1. The number of fused-ring (bicyclic) bond motifs is 1. The molecular weight excluding hydrogens is 330 g/mol. The largest absolute Gasteiger partial charge is 0.444 e. The van der Waals surface area contributed by atoms with E-state index in [2.05, 4.69) is 4.98 Å². The van der Waals surface area contributed by atoms with Crippen molar-refractivity contribution in [2.45, 2.75) is 58.1 Å². The van der Waals surface area contributed by atoms with Crippen LogP contribution in [0.2, 0.25) is 5.15 Å². The standard InChI is InChI=1S/C17H24ClN3O3/c1-17(2,3)24-16(22)21-7-4-13-12(10-21)14(18)20-15(19-13)11-5-8-23-9-6-11/h11H,4-10H2,1-3H3. The van der Waals surface area contributed by atoms with Crippen LogP contribution in [-0.2, 0) is 22.4 Å². The Morgan fingerprint density at radius 2 is 2.00 bits per heavy atom. The van der Waals surface area contributed by atoms with E-state index in [1.807, 2.05) is 20.8 Å². The predicted molar refractivity (Wildman–Crippen MR) is 90.2 cm³/mol. The molecule has 6 nitrogen and oxygen atoms in total. The zero-order valence-corrected chi connectivity index (χ0v) is 15.2. The van der Waals surface area contributed by atoms with Crippen LogP contribution in [0.25, 0.3) is 0 Å². The lowest BCUT2D eigenvalue weighted by atomic mass is 9.98. The first-order valence-electron chi connectivity index (χ1n) is 8.44. The summed E-state index contributed by atoms with van der Waals surface area (Å²) in [5.41, 5.74) is 1.28. The van der Waals surface area contributed by atoms with E-state index in [0.717, 1.165) is 43.1 Å². The van der Waals surface area contributed by atoms with Gasteiger partial charge in [-0.05, 0) is 33.6 Å². The monoisotopic (exact) mass is 353 g/mol. The summed E-state index contributed by atoms with van der Waals surface area (Å²) in [6.45, 7) is 8.06. The Morgan fingerprint density at radius 3 is 2.67 bits per heavy atom. The van der Waals surface area contributed by atoms with E-state index in [1.54, 1.807) is 4.90 Å². The number of rotatable bonds is 1. The molecule has 0 bridgehead atoms. The fourth-order valence-corrected chi connectivity index (χ4v) is 3.27. The number of amides is 1. The smallest absolute Gasteiger partial charge is 0.410 e. The second-order valence-corrected chi connectivity index (χ2v) is 7.69. The number of nitrogens with zero attached hydrogens (tertiary/aromatic N) is 3. The molecule has 0 saturated carbocycles. The van der Waals surface area contributed by atoms with E-state index in [4.69, 9.17) is 26.1 Å². The molecule has 3 rings (SSSR count). The van der Waals surface area contributed by atoms with Gasteiger partial charge in [-0.1, -0.05) is 11.6 Å². The Bertz CT molecular complexity index is 624. The minimum Gasteiger partial charge on any atom is -0.444 e. The van der Waals surface area contributed by atoms with E-state index >= 15 is 0 Å². The molecule has 1 amide bonds. The first kappa shape index (κ1) is 17.4. The highest BCUT2D eigenvalue weighted by Crippen LogP contribution is 2.30. The lowest BCUT2D eigenvalue weighted by molar-refractivity contribution is 0.0222. The molecule has 0 N–H and O–H groups in total. The SMILES string of the molecule is CC(C)(C)OC(=O)N1CCc2nc(C3CCOCC3)nc(Cl)c2C1. The Labute approximate surface area is 147 Å². The summed E-state index contributed by atoms with van der Waals surface area (Å²) in [7, 11) is 0. The minimum absolute atomic E-state index is 0.311. The molecule has 0 aliphatic carbocycles. The molecule has 1 saturated heterocycles. The highest BCUT2D eigenvalue weighted by Gasteiger charge is 2.29. The van der Waals surface area contributed by atoms with Crippen molar-refractivity contribution in [1.82, 2.24) is 14.9 Å². The molecule has 2 aliphatic heterocycles. The maximum absolute atomic E-state index is 12.3. The van der Waals surface area contributed by atoms with Crippen molar-refractivity contribution >= 4 is 17.7 Å². The van der Waals surface area contributed by atoms with Crippen molar-refractivity contribution in [1.29, 1.82) is 0 Å². The van der Waals surface area contributed by atoms with Gasteiger partial charge in [-0.25, -0.2) is 14.8 Å². The molecule has 0 radical (unpaired) electrons. The number of hydrogen-bond acceptors (Lipinski definition) is 5. The van der Waals surface area contributed by atoms with Crippen molar-refractivity contribution in [3.8, 4) is 0 Å². The maximum atomic E-state index is 12.3. The van der Waals surface area contributed by atoms with Gasteiger partial charge in [-0.3, -0.25) is 0 Å². The van der Waals surface area contributed by atoms with E-state index in [1.165, 1.54) is 0 Å². The highest BCUT2D eigenvalue weighted by molar-refractivity contribution is 6.30. The quantitative estimate of drug-likeness (QED) is 0.725. The third-order valence-electron chi connectivity index (χ3n) is 4.27. The van der Waals surface area contributed by atoms with Gasteiger partial charge in [0, 0.05) is 37.7 Å². The van der Waals surface area contributed by atoms with Crippen molar-refractivity contribution in [2.75, 3.05) is 19.8 Å². The molecule has 24 heavy (non-hydrogen) atoms. The molecule has 0 atom stereocenters. The summed E-state index contributed by atoms with van der Waals surface area (Å²) in [6, 6.07) is 0. The van der Waals surface area contributed by atoms with Crippen LogP contribution in [0.1, 0.15) is 56.6 Å². The van der Waals surface area contributed by atoms with Crippen LogP contribution in [0.5, 0.6) is 0 Å². The fourth-order valence-electron chi connectivity index (χ4n) is 3.01. The Morgan fingerprint density at radius 1 is 1.29 bits per heavy atom. The third-order valence-corrected chi connectivity index (χ3v) is 4.58. The van der Waals surface area contributed by atoms with E-state index in [9.17, 15) is 4.79 Å². The molecule has 2 aliphatic rings. The average Bonchev–Trinajstić information content (AvgIpc) is 2.53. The van der Waals surface area contributed by atoms with Crippen LogP contribution >= 0.6 is 11.6 Å². The zero-order valence-electron chi connectivity index (χ0n) is 14.5. The number of ether oxygens (including phenoxy) is 2. The van der Waals surface area contributed by atoms with Crippen LogP contribution in [0.15, 0.2) is 0 Å². The molecule has 132 valence electrons. The second kappa shape index (κ2) is 6.84. The zero-order chi connectivity index (χ0) is 17.3. The normalized spacial score (nSPS) is 19.1. The van der Waals surface area contributed by atoms with Crippen molar-refractivity contribution in [3.63, 3.8) is 0 Å². The number of carbonyl (C=O) groups is 1. The molecular formula is C17H24ClN3O3. The molecule has 1 aromatic rings. The van der Waals surface area contributed by atoms with Gasteiger partial charge in [0.05, 0.1) is 12.2 Å². The van der Waals surface area contributed by atoms with Crippen LogP contribution in [-0.4, -0.2) is 46.3 Å². The van der Waals surface area contributed by atoms with Crippen LogP contribution in [0, 0.1) is 0 Å². The highest BCUT2D eigenvalue weighted by atomic mass is 35.5. The van der Waals surface area contributed by atoms with Gasteiger partial charge >= 0.3 is 6.09 Å². The maximum Gasteiger partial charge on any atom is 0.410 e. The fraction of sp³-hybridized carbons (Fsp3) is 0.706. The second-order valence-electron chi connectivity index (χ2n) is 7.34. The Balaban J connectivity index is 1.76. The lowest BCUT2D eigenvalue weighted by Crippen LogP contribution is -2.40. The summed E-state index contributed by atoms with van der Waals surface area (Å²) < 4.78 is 10.8. The summed E-state index contributed by atoms with van der Waals surface area (Å²) in [5.74, 6) is 1.12. The lowest BCUT2D eigenvalue weighted by Gasteiger charge is -2.31. The number of hydrogen-bond donors (Lipinski definition) is 0. The van der Waals surface area contributed by atoms with Crippen LogP contribution in [0.4, 0.5) is 4.79 Å². The van der Waals surface area contributed by atoms with Crippen molar-refractivity contribution < 1.29 is 14.3 Å². The van der Waals surface area contributed by atoms with Crippen molar-refractivity contribution in [2.24, 2.45) is 0 Å². The molecule has 1 aromatic heterocycles. The average molecular weight is 354 g/mol. The van der Waals surface area contributed by atoms with E-state index in [0.29, 0.717) is 30.6 Å². The first-order chi connectivity index (χ1) is 11.3.